The minimum atomic E-state index is -0.671. The third-order valence-corrected chi connectivity index (χ3v) is 4.59. The van der Waals surface area contributed by atoms with Gasteiger partial charge in [0.2, 0.25) is 5.91 Å². The molecule has 2 saturated heterocycles. The highest BCUT2D eigenvalue weighted by molar-refractivity contribution is 5.93. The van der Waals surface area contributed by atoms with Crippen LogP contribution in [0, 0.1) is 10.8 Å². The summed E-state index contributed by atoms with van der Waals surface area (Å²) in [5, 5.41) is 16.1. The summed E-state index contributed by atoms with van der Waals surface area (Å²) in [4.78, 5) is 28.2. The Kier molecular flexibility index (Phi) is 3.51. The number of carbonyl (C=O) groups excluding carboxylic acids is 2. The van der Waals surface area contributed by atoms with Crippen LogP contribution in [0.4, 0.5) is 0 Å². The Labute approximate surface area is 135 Å². The lowest BCUT2D eigenvalue weighted by molar-refractivity contribution is -0.162. The lowest BCUT2D eigenvalue weighted by atomic mass is 9.71. The Morgan fingerprint density at radius 3 is 2.30 bits per heavy atom. The Hall–Kier alpha value is -1.89. The number of hydrogen-bond acceptors (Lipinski definition) is 4. The maximum Gasteiger partial charge on any atom is 0.274 e. The molecule has 1 aromatic heterocycles. The van der Waals surface area contributed by atoms with Gasteiger partial charge in [0.05, 0.1) is 11.8 Å². The van der Waals surface area contributed by atoms with Crippen LogP contribution in [0.5, 0.6) is 0 Å². The zero-order valence-corrected chi connectivity index (χ0v) is 14.1. The summed E-state index contributed by atoms with van der Waals surface area (Å²) < 4.78 is 0. The van der Waals surface area contributed by atoms with E-state index in [9.17, 15) is 14.7 Å². The number of aromatic amines is 1. The van der Waals surface area contributed by atoms with Gasteiger partial charge in [-0.3, -0.25) is 14.7 Å². The van der Waals surface area contributed by atoms with Gasteiger partial charge in [0, 0.05) is 37.0 Å². The lowest BCUT2D eigenvalue weighted by Gasteiger charge is -2.60. The molecule has 7 heteroatoms. The number of carbonyl (C=O) groups is 2. The molecule has 0 saturated carbocycles. The van der Waals surface area contributed by atoms with Crippen LogP contribution in [0.1, 0.15) is 50.0 Å². The second kappa shape index (κ2) is 5.06. The van der Waals surface area contributed by atoms with E-state index in [1.165, 1.54) is 0 Å². The molecule has 3 heterocycles. The number of nitrogens with one attached hydrogen (secondary N) is 1. The van der Waals surface area contributed by atoms with Crippen LogP contribution in [0.3, 0.4) is 0 Å². The predicted molar refractivity (Wildman–Crippen MR) is 83.6 cm³/mol. The van der Waals surface area contributed by atoms with Crippen molar-refractivity contribution in [1.82, 2.24) is 20.0 Å². The Bertz CT molecular complexity index is 630. The molecule has 1 aromatic rings. The van der Waals surface area contributed by atoms with Crippen molar-refractivity contribution in [3.63, 3.8) is 0 Å². The molecule has 0 bridgehead atoms. The first-order chi connectivity index (χ1) is 10.6. The van der Waals surface area contributed by atoms with Gasteiger partial charge in [-0.05, 0) is 13.0 Å². The molecular weight excluding hydrogens is 296 g/mol. The molecular formula is C16H24N4O3. The summed E-state index contributed by atoms with van der Waals surface area (Å²) in [5.74, 6) is 0.0427. The van der Waals surface area contributed by atoms with Crippen LogP contribution in [0.15, 0.2) is 6.07 Å². The average molecular weight is 320 g/mol. The van der Waals surface area contributed by atoms with E-state index in [4.69, 9.17) is 0 Å². The van der Waals surface area contributed by atoms with Gasteiger partial charge >= 0.3 is 0 Å². The number of aromatic nitrogens is 2. The van der Waals surface area contributed by atoms with Crippen molar-refractivity contribution in [3.05, 3.63) is 17.5 Å². The predicted octanol–water partition coefficient (Wildman–Crippen LogP) is 0.793. The van der Waals surface area contributed by atoms with Crippen molar-refractivity contribution < 1.29 is 14.7 Å². The SMILES string of the molecule is CC(O)c1cc(C(=O)N2CC3(C2)CN(C(=O)C(C)(C)C)C3)n[nH]1. The van der Waals surface area contributed by atoms with E-state index >= 15 is 0 Å². The number of hydrogen-bond donors (Lipinski definition) is 2. The molecule has 0 radical (unpaired) electrons. The van der Waals surface area contributed by atoms with Gasteiger partial charge < -0.3 is 14.9 Å². The van der Waals surface area contributed by atoms with E-state index in [1.807, 2.05) is 25.7 Å². The first-order valence-corrected chi connectivity index (χ1v) is 7.93. The zero-order chi connectivity index (χ0) is 17.0. The number of aliphatic hydroxyl groups is 1. The van der Waals surface area contributed by atoms with Gasteiger partial charge in [0.15, 0.2) is 5.69 Å². The molecule has 3 rings (SSSR count). The van der Waals surface area contributed by atoms with E-state index in [-0.39, 0.29) is 22.6 Å². The smallest absolute Gasteiger partial charge is 0.274 e. The van der Waals surface area contributed by atoms with Crippen molar-refractivity contribution in [2.45, 2.75) is 33.8 Å². The molecule has 2 amide bonds. The Morgan fingerprint density at radius 1 is 1.26 bits per heavy atom. The van der Waals surface area contributed by atoms with Crippen molar-refractivity contribution >= 4 is 11.8 Å². The number of nitrogens with zero attached hydrogens (tertiary/aromatic N) is 3. The maximum atomic E-state index is 12.3. The number of amides is 2. The van der Waals surface area contributed by atoms with Crippen LogP contribution < -0.4 is 0 Å². The first kappa shape index (κ1) is 16.0. The zero-order valence-electron chi connectivity index (χ0n) is 14.1. The van der Waals surface area contributed by atoms with Crippen molar-refractivity contribution in [1.29, 1.82) is 0 Å². The average Bonchev–Trinajstić information content (AvgIpc) is 2.83. The third kappa shape index (κ3) is 2.73. The van der Waals surface area contributed by atoms with Crippen LogP contribution in [0.2, 0.25) is 0 Å². The Morgan fingerprint density at radius 2 is 1.83 bits per heavy atom. The molecule has 126 valence electrons. The quantitative estimate of drug-likeness (QED) is 0.843. The third-order valence-electron chi connectivity index (χ3n) is 4.59. The number of H-pyrrole nitrogens is 1. The highest BCUT2D eigenvalue weighted by Crippen LogP contribution is 2.41. The van der Waals surface area contributed by atoms with Gasteiger partial charge in [-0.1, -0.05) is 20.8 Å². The molecule has 23 heavy (non-hydrogen) atoms. The highest BCUT2D eigenvalue weighted by Gasteiger charge is 2.55. The topological polar surface area (TPSA) is 89.5 Å². The molecule has 1 unspecified atom stereocenters. The van der Waals surface area contributed by atoms with Gasteiger partial charge in [-0.25, -0.2) is 0 Å². The normalized spacial score (nSPS) is 20.9. The molecule has 2 aliphatic rings. The van der Waals surface area contributed by atoms with Crippen LogP contribution in [0.25, 0.3) is 0 Å². The summed E-state index contributed by atoms with van der Waals surface area (Å²) in [7, 11) is 0. The molecule has 2 N–H and O–H groups in total. The second-order valence-electron chi connectivity index (χ2n) is 7.96. The standard InChI is InChI=1S/C16H24N4O3/c1-10(21)11-5-12(18-17-11)13(22)19-6-16(7-19)8-20(9-16)14(23)15(2,3)4/h5,10,21H,6-9H2,1-4H3,(H,17,18). The maximum absolute atomic E-state index is 12.3. The number of rotatable bonds is 2. The van der Waals surface area contributed by atoms with Crippen molar-refractivity contribution in [2.24, 2.45) is 10.8 Å². The van der Waals surface area contributed by atoms with E-state index in [2.05, 4.69) is 10.2 Å². The molecule has 1 spiro atoms. The van der Waals surface area contributed by atoms with Crippen LogP contribution in [-0.2, 0) is 4.79 Å². The lowest BCUT2D eigenvalue weighted by Crippen LogP contribution is -2.74. The fraction of sp³-hybridized carbons (Fsp3) is 0.688. The van der Waals surface area contributed by atoms with Gasteiger partial charge in [-0.15, -0.1) is 0 Å². The van der Waals surface area contributed by atoms with Crippen LogP contribution >= 0.6 is 0 Å². The van der Waals surface area contributed by atoms with E-state index in [1.54, 1.807) is 17.9 Å². The minimum Gasteiger partial charge on any atom is -0.387 e. The van der Waals surface area contributed by atoms with Crippen molar-refractivity contribution in [3.8, 4) is 0 Å². The molecule has 0 aliphatic carbocycles. The monoisotopic (exact) mass is 320 g/mol. The second-order valence-corrected chi connectivity index (χ2v) is 7.96. The first-order valence-electron chi connectivity index (χ1n) is 7.93. The van der Waals surface area contributed by atoms with Gasteiger partial charge in [0.1, 0.15) is 0 Å². The van der Waals surface area contributed by atoms with Crippen molar-refractivity contribution in [2.75, 3.05) is 26.2 Å². The molecule has 1 atom stereocenters. The van der Waals surface area contributed by atoms with E-state index in [0.717, 1.165) is 13.1 Å². The van der Waals surface area contributed by atoms with E-state index < -0.39 is 6.10 Å². The summed E-state index contributed by atoms with van der Waals surface area (Å²) in [6, 6.07) is 1.59. The fourth-order valence-electron chi connectivity index (χ4n) is 3.31. The largest absolute Gasteiger partial charge is 0.387 e. The number of likely N-dealkylation sites (tertiary alicyclic amines) is 2. The van der Waals surface area contributed by atoms with E-state index in [0.29, 0.717) is 24.5 Å². The summed E-state index contributed by atoms with van der Waals surface area (Å²) in [5.41, 5.74) is 0.583. The summed E-state index contributed by atoms with van der Waals surface area (Å²) >= 11 is 0. The van der Waals surface area contributed by atoms with Gasteiger partial charge in [0.25, 0.3) is 5.91 Å². The summed E-state index contributed by atoms with van der Waals surface area (Å²) in [6.45, 7) is 10.2. The van der Waals surface area contributed by atoms with Crippen LogP contribution in [-0.4, -0.2) is 63.1 Å². The summed E-state index contributed by atoms with van der Waals surface area (Å²) in [6.07, 6.45) is -0.671. The molecule has 7 nitrogen and oxygen atoms in total. The molecule has 2 fully saturated rings. The molecule has 0 aromatic carbocycles. The Balaban J connectivity index is 1.54. The fourth-order valence-corrected chi connectivity index (χ4v) is 3.31. The highest BCUT2D eigenvalue weighted by atomic mass is 16.3. The minimum absolute atomic E-state index is 0.0694. The molecule has 2 aliphatic heterocycles. The van der Waals surface area contributed by atoms with Gasteiger partial charge in [-0.2, -0.15) is 5.10 Å². The number of aliphatic hydroxyl groups excluding tert-OH is 1.